The molecule has 1 aliphatic heterocycles. The molecule has 7 nitrogen and oxygen atoms in total. The first kappa shape index (κ1) is 26.9. The lowest BCUT2D eigenvalue weighted by Gasteiger charge is -2.39. The second-order valence-electron chi connectivity index (χ2n) is 9.81. The third-order valence-electron chi connectivity index (χ3n) is 7.50. The van der Waals surface area contributed by atoms with Crippen molar-refractivity contribution in [2.24, 2.45) is 5.92 Å². The van der Waals surface area contributed by atoms with Crippen LogP contribution in [0, 0.1) is 5.92 Å². The highest BCUT2D eigenvalue weighted by molar-refractivity contribution is 5.79. The molecule has 4 rings (SSSR count). The summed E-state index contributed by atoms with van der Waals surface area (Å²) in [6, 6.07) is 15.0. The van der Waals surface area contributed by atoms with Crippen LogP contribution in [-0.2, 0) is 4.79 Å². The predicted molar refractivity (Wildman–Crippen MR) is 148 cm³/mol. The average molecular weight is 505 g/mol. The molecule has 2 aromatic carbocycles. The summed E-state index contributed by atoms with van der Waals surface area (Å²) in [5.41, 5.74) is 1.29. The lowest BCUT2D eigenvalue weighted by molar-refractivity contribution is -0.138. The van der Waals surface area contributed by atoms with Gasteiger partial charge in [0.25, 0.3) is 5.56 Å². The number of fused-ring (bicyclic) bond motifs is 1. The van der Waals surface area contributed by atoms with Gasteiger partial charge in [-0.15, -0.1) is 0 Å². The van der Waals surface area contributed by atoms with Gasteiger partial charge in [0.1, 0.15) is 11.6 Å². The van der Waals surface area contributed by atoms with Crippen LogP contribution in [-0.4, -0.2) is 58.0 Å². The molecule has 0 spiro atoms. The Balaban J connectivity index is 1.65. The van der Waals surface area contributed by atoms with Crippen molar-refractivity contribution in [3.8, 4) is 11.4 Å². The minimum atomic E-state index is -0.119. The molecule has 1 aromatic heterocycles. The number of benzene rings is 2. The fraction of sp³-hybridized carbons (Fsp3) is 0.500. The van der Waals surface area contributed by atoms with Gasteiger partial charge in [-0.25, -0.2) is 4.98 Å². The quantitative estimate of drug-likeness (QED) is 0.379. The van der Waals surface area contributed by atoms with E-state index in [0.717, 1.165) is 38.8 Å². The number of unbranched alkanes of at least 4 members (excludes halogenated alkanes) is 1. The van der Waals surface area contributed by atoms with Crippen LogP contribution in [0.3, 0.4) is 0 Å². The summed E-state index contributed by atoms with van der Waals surface area (Å²) in [6.45, 7) is 11.7. The Kier molecular flexibility index (Phi) is 8.98. The van der Waals surface area contributed by atoms with E-state index in [1.54, 1.807) is 4.57 Å². The van der Waals surface area contributed by atoms with E-state index in [9.17, 15) is 9.59 Å². The number of ether oxygens (including phenoxy) is 1. The Bertz CT molecular complexity index is 1260. The largest absolute Gasteiger partial charge is 0.492 e. The molecular weight excluding hydrogens is 464 g/mol. The summed E-state index contributed by atoms with van der Waals surface area (Å²) in [5, 5.41) is 0.581. The first-order valence-corrected chi connectivity index (χ1v) is 13.8. The van der Waals surface area contributed by atoms with Crippen molar-refractivity contribution >= 4 is 16.8 Å². The maximum atomic E-state index is 13.8. The van der Waals surface area contributed by atoms with Gasteiger partial charge < -0.3 is 9.64 Å². The second kappa shape index (κ2) is 12.4. The average Bonchev–Trinajstić information content (AvgIpc) is 2.93. The molecule has 37 heavy (non-hydrogen) atoms. The molecule has 2 unspecified atom stereocenters. The molecule has 198 valence electrons. The minimum Gasteiger partial charge on any atom is -0.492 e. The minimum absolute atomic E-state index is 0.102. The zero-order valence-corrected chi connectivity index (χ0v) is 22.7. The van der Waals surface area contributed by atoms with Crippen molar-refractivity contribution in [1.29, 1.82) is 0 Å². The monoisotopic (exact) mass is 504 g/mol. The van der Waals surface area contributed by atoms with Crippen LogP contribution in [0.15, 0.2) is 53.3 Å². The highest BCUT2D eigenvalue weighted by Crippen LogP contribution is 2.28. The third-order valence-corrected chi connectivity index (χ3v) is 7.50. The molecule has 0 radical (unpaired) electrons. The van der Waals surface area contributed by atoms with E-state index in [1.807, 2.05) is 60.4 Å². The van der Waals surface area contributed by atoms with Gasteiger partial charge in [-0.1, -0.05) is 51.0 Å². The Morgan fingerprint density at radius 3 is 2.41 bits per heavy atom. The summed E-state index contributed by atoms with van der Waals surface area (Å²) < 4.78 is 7.61. The maximum absolute atomic E-state index is 13.8. The first-order chi connectivity index (χ1) is 18.0. The summed E-state index contributed by atoms with van der Waals surface area (Å²) in [7, 11) is 0. The molecule has 1 fully saturated rings. The van der Waals surface area contributed by atoms with Gasteiger partial charge >= 0.3 is 0 Å². The maximum Gasteiger partial charge on any atom is 0.266 e. The number of nitrogens with zero attached hydrogens (tertiary/aromatic N) is 4. The van der Waals surface area contributed by atoms with E-state index < -0.39 is 0 Å². The van der Waals surface area contributed by atoms with Gasteiger partial charge in [-0.05, 0) is 51.0 Å². The number of carbonyl (C=O) groups is 1. The predicted octanol–water partition coefficient (Wildman–Crippen LogP) is 5.21. The first-order valence-electron chi connectivity index (χ1n) is 13.8. The number of para-hydroxylation sites is 3. The van der Waals surface area contributed by atoms with Gasteiger partial charge in [0.2, 0.25) is 5.91 Å². The molecule has 1 aliphatic rings. The van der Waals surface area contributed by atoms with E-state index in [1.165, 1.54) is 0 Å². The lowest BCUT2D eigenvalue weighted by atomic mass is 9.97. The molecule has 7 heteroatoms. The van der Waals surface area contributed by atoms with Crippen LogP contribution >= 0.6 is 0 Å². The molecule has 2 atom stereocenters. The molecular formula is C30H40N4O3. The molecule has 0 N–H and O–H groups in total. The SMILES string of the molecule is CCCCC(CC)C(=O)N1CCN(C(C)c2nc3ccccc3c(=O)n2-c2ccccc2OCC)CC1. The third kappa shape index (κ3) is 5.72. The topological polar surface area (TPSA) is 67.7 Å². The van der Waals surface area contributed by atoms with Crippen LogP contribution in [0.2, 0.25) is 0 Å². The van der Waals surface area contributed by atoms with Crippen LogP contribution in [0.4, 0.5) is 0 Å². The van der Waals surface area contributed by atoms with Crippen molar-refractivity contribution in [2.45, 2.75) is 59.4 Å². The fourth-order valence-corrected chi connectivity index (χ4v) is 5.29. The number of hydrogen-bond donors (Lipinski definition) is 0. The normalized spacial score (nSPS) is 16.1. The molecule has 2 heterocycles. The molecule has 1 saturated heterocycles. The Morgan fingerprint density at radius 2 is 1.70 bits per heavy atom. The fourth-order valence-electron chi connectivity index (χ4n) is 5.29. The summed E-state index contributed by atoms with van der Waals surface area (Å²) in [6.07, 6.45) is 4.06. The molecule has 0 saturated carbocycles. The number of aromatic nitrogens is 2. The van der Waals surface area contributed by atoms with E-state index >= 15 is 0 Å². The summed E-state index contributed by atoms with van der Waals surface area (Å²) >= 11 is 0. The summed E-state index contributed by atoms with van der Waals surface area (Å²) in [4.78, 5) is 36.3. The standard InChI is InChI=1S/C30H40N4O3/c1-5-8-13-23(6-2)29(35)33-20-18-32(19-21-33)22(4)28-31-25-15-10-9-14-24(25)30(36)34(28)26-16-11-12-17-27(26)37-7-3/h9-12,14-17,22-23H,5-8,13,18-21H2,1-4H3. The second-order valence-corrected chi connectivity index (χ2v) is 9.81. The van der Waals surface area contributed by atoms with Crippen molar-refractivity contribution in [3.05, 3.63) is 64.7 Å². The van der Waals surface area contributed by atoms with Gasteiger partial charge in [0, 0.05) is 32.1 Å². The van der Waals surface area contributed by atoms with E-state index in [4.69, 9.17) is 9.72 Å². The zero-order valence-electron chi connectivity index (χ0n) is 22.7. The van der Waals surface area contributed by atoms with E-state index in [-0.39, 0.29) is 23.4 Å². The van der Waals surface area contributed by atoms with Crippen LogP contribution in [0.25, 0.3) is 16.6 Å². The van der Waals surface area contributed by atoms with E-state index in [0.29, 0.717) is 47.9 Å². The Morgan fingerprint density at radius 1 is 1.00 bits per heavy atom. The van der Waals surface area contributed by atoms with Crippen LogP contribution in [0.1, 0.15) is 65.2 Å². The van der Waals surface area contributed by atoms with Gasteiger partial charge in [-0.2, -0.15) is 0 Å². The highest BCUT2D eigenvalue weighted by Gasteiger charge is 2.30. The number of rotatable bonds is 10. The molecule has 3 aromatic rings. The molecule has 1 amide bonds. The smallest absolute Gasteiger partial charge is 0.266 e. The van der Waals surface area contributed by atoms with Crippen molar-refractivity contribution in [2.75, 3.05) is 32.8 Å². The Hall–Kier alpha value is -3.19. The van der Waals surface area contributed by atoms with Gasteiger partial charge in [-0.3, -0.25) is 19.1 Å². The summed E-state index contributed by atoms with van der Waals surface area (Å²) in [5.74, 6) is 1.75. The molecule has 0 aliphatic carbocycles. The van der Waals surface area contributed by atoms with Crippen molar-refractivity contribution in [3.63, 3.8) is 0 Å². The number of carbonyl (C=O) groups excluding carboxylic acids is 1. The van der Waals surface area contributed by atoms with Gasteiger partial charge in [0.15, 0.2) is 0 Å². The lowest BCUT2D eigenvalue weighted by Crippen LogP contribution is -2.51. The molecule has 0 bridgehead atoms. The van der Waals surface area contributed by atoms with Gasteiger partial charge in [0.05, 0.1) is 29.2 Å². The van der Waals surface area contributed by atoms with Crippen molar-refractivity contribution in [1.82, 2.24) is 19.4 Å². The van der Waals surface area contributed by atoms with Crippen LogP contribution < -0.4 is 10.3 Å². The highest BCUT2D eigenvalue weighted by atomic mass is 16.5. The zero-order chi connectivity index (χ0) is 26.4. The van der Waals surface area contributed by atoms with E-state index in [2.05, 4.69) is 25.7 Å². The Labute approximate surface area is 220 Å². The van der Waals surface area contributed by atoms with Crippen LogP contribution in [0.5, 0.6) is 5.75 Å². The number of piperazine rings is 1. The number of hydrogen-bond acceptors (Lipinski definition) is 5. The van der Waals surface area contributed by atoms with Crippen molar-refractivity contribution < 1.29 is 9.53 Å². The number of amides is 1.